The van der Waals surface area contributed by atoms with Crippen LogP contribution in [0.25, 0.3) is 0 Å². The maximum Gasteiger partial charge on any atom is 0.236 e. The second-order valence-electron chi connectivity index (χ2n) is 4.96. The van der Waals surface area contributed by atoms with E-state index in [-0.39, 0.29) is 11.7 Å². The molecule has 1 amide bonds. The molecule has 1 aromatic carbocycles. The molecule has 0 radical (unpaired) electrons. The van der Waals surface area contributed by atoms with Gasteiger partial charge in [0.1, 0.15) is 5.82 Å². The third kappa shape index (κ3) is 3.67. The van der Waals surface area contributed by atoms with E-state index < -0.39 is 0 Å². The van der Waals surface area contributed by atoms with Gasteiger partial charge in [-0.1, -0.05) is 17.7 Å². The number of carbonyl (C=O) groups is 1. The highest BCUT2D eigenvalue weighted by Crippen LogP contribution is 2.20. The van der Waals surface area contributed by atoms with E-state index in [0.29, 0.717) is 23.7 Å². The minimum atomic E-state index is -0.326. The molecule has 0 bridgehead atoms. The number of hydrogen-bond acceptors (Lipinski definition) is 2. The van der Waals surface area contributed by atoms with Crippen molar-refractivity contribution < 1.29 is 9.18 Å². The molecule has 0 atom stereocenters. The van der Waals surface area contributed by atoms with Gasteiger partial charge in [-0.15, -0.1) is 0 Å². The van der Waals surface area contributed by atoms with E-state index in [1.54, 1.807) is 24.1 Å². The lowest BCUT2D eigenvalue weighted by molar-refractivity contribution is -0.131. The molecule has 0 unspecified atom stereocenters. The van der Waals surface area contributed by atoms with Crippen LogP contribution in [-0.4, -0.2) is 42.4 Å². The molecule has 3 nitrogen and oxygen atoms in total. The molecule has 1 saturated heterocycles. The fraction of sp³-hybridized carbons (Fsp3) is 0.500. The second kappa shape index (κ2) is 6.35. The first kappa shape index (κ1) is 14.3. The average Bonchev–Trinajstić information content (AvgIpc) is 2.88. The quantitative estimate of drug-likeness (QED) is 0.848. The van der Waals surface area contributed by atoms with Gasteiger partial charge in [0.2, 0.25) is 5.91 Å². The minimum Gasteiger partial charge on any atom is -0.342 e. The first-order valence-corrected chi connectivity index (χ1v) is 6.85. The number of rotatable bonds is 4. The summed E-state index contributed by atoms with van der Waals surface area (Å²) >= 11 is 5.98. The van der Waals surface area contributed by atoms with Crippen molar-refractivity contribution in [1.82, 2.24) is 9.80 Å². The fourth-order valence-electron chi connectivity index (χ4n) is 2.31. The lowest BCUT2D eigenvalue weighted by Crippen LogP contribution is -2.37. The van der Waals surface area contributed by atoms with Crippen molar-refractivity contribution in [3.8, 4) is 0 Å². The van der Waals surface area contributed by atoms with Crippen molar-refractivity contribution in [2.24, 2.45) is 0 Å². The van der Waals surface area contributed by atoms with E-state index in [0.717, 1.165) is 25.9 Å². The first-order chi connectivity index (χ1) is 9.08. The summed E-state index contributed by atoms with van der Waals surface area (Å²) in [6.07, 6.45) is 2.16. The Morgan fingerprint density at radius 3 is 2.74 bits per heavy atom. The molecule has 0 aromatic heterocycles. The number of nitrogens with zero attached hydrogens (tertiary/aromatic N) is 2. The van der Waals surface area contributed by atoms with E-state index >= 15 is 0 Å². The molecule has 5 heteroatoms. The van der Waals surface area contributed by atoms with Crippen molar-refractivity contribution in [2.45, 2.75) is 19.4 Å². The van der Waals surface area contributed by atoms with Crippen LogP contribution < -0.4 is 0 Å². The zero-order valence-electron chi connectivity index (χ0n) is 11.0. The van der Waals surface area contributed by atoms with Gasteiger partial charge in [-0.25, -0.2) is 4.39 Å². The van der Waals surface area contributed by atoms with Gasteiger partial charge in [-0.3, -0.25) is 9.69 Å². The van der Waals surface area contributed by atoms with Gasteiger partial charge in [0.15, 0.2) is 0 Å². The van der Waals surface area contributed by atoms with Crippen molar-refractivity contribution in [3.05, 3.63) is 34.6 Å². The van der Waals surface area contributed by atoms with Crippen molar-refractivity contribution in [1.29, 1.82) is 0 Å². The summed E-state index contributed by atoms with van der Waals surface area (Å²) in [7, 11) is 1.80. The number of benzene rings is 1. The molecule has 0 N–H and O–H groups in total. The van der Waals surface area contributed by atoms with Gasteiger partial charge >= 0.3 is 0 Å². The molecule has 1 aliphatic heterocycles. The SMILES string of the molecule is CN(CC(=O)N1CCCC1)Cc1c(F)cccc1Cl. The monoisotopic (exact) mass is 284 g/mol. The van der Waals surface area contributed by atoms with Gasteiger partial charge in [0.25, 0.3) is 0 Å². The van der Waals surface area contributed by atoms with Crippen LogP contribution >= 0.6 is 11.6 Å². The van der Waals surface area contributed by atoms with Crippen LogP contribution in [0.1, 0.15) is 18.4 Å². The Balaban J connectivity index is 1.93. The highest BCUT2D eigenvalue weighted by atomic mass is 35.5. The van der Waals surface area contributed by atoms with Crippen LogP contribution in [0.15, 0.2) is 18.2 Å². The molecular weight excluding hydrogens is 267 g/mol. The maximum absolute atomic E-state index is 13.6. The molecule has 2 rings (SSSR count). The van der Waals surface area contributed by atoms with Crippen LogP contribution in [0.2, 0.25) is 5.02 Å². The molecule has 19 heavy (non-hydrogen) atoms. The Labute approximate surface area is 117 Å². The van der Waals surface area contributed by atoms with Gasteiger partial charge in [-0.2, -0.15) is 0 Å². The van der Waals surface area contributed by atoms with E-state index in [9.17, 15) is 9.18 Å². The first-order valence-electron chi connectivity index (χ1n) is 6.47. The highest BCUT2D eigenvalue weighted by Gasteiger charge is 2.19. The zero-order valence-corrected chi connectivity index (χ0v) is 11.8. The number of carbonyl (C=O) groups excluding carboxylic acids is 1. The summed E-state index contributed by atoms with van der Waals surface area (Å²) in [6.45, 7) is 2.32. The Morgan fingerprint density at radius 1 is 1.42 bits per heavy atom. The molecule has 0 spiro atoms. The summed E-state index contributed by atoms with van der Waals surface area (Å²) in [4.78, 5) is 15.6. The summed E-state index contributed by atoms with van der Waals surface area (Å²) in [6, 6.07) is 4.63. The van der Waals surface area contributed by atoms with Crippen molar-refractivity contribution in [3.63, 3.8) is 0 Å². The smallest absolute Gasteiger partial charge is 0.236 e. The molecule has 1 aromatic rings. The molecule has 1 heterocycles. The topological polar surface area (TPSA) is 23.6 Å². The number of likely N-dealkylation sites (N-methyl/N-ethyl adjacent to an activating group) is 1. The largest absolute Gasteiger partial charge is 0.342 e. The van der Waals surface area contributed by atoms with Crippen molar-refractivity contribution >= 4 is 17.5 Å². The molecule has 0 aliphatic carbocycles. The molecule has 0 saturated carbocycles. The lowest BCUT2D eigenvalue weighted by atomic mass is 10.2. The van der Waals surface area contributed by atoms with Gasteiger partial charge in [0.05, 0.1) is 6.54 Å². The Bertz CT molecular complexity index is 441. The fourth-order valence-corrected chi connectivity index (χ4v) is 2.53. The molecule has 1 fully saturated rings. The second-order valence-corrected chi connectivity index (χ2v) is 5.37. The van der Waals surface area contributed by atoms with Crippen molar-refractivity contribution in [2.75, 3.05) is 26.7 Å². The number of hydrogen-bond donors (Lipinski definition) is 0. The van der Waals surface area contributed by atoms with E-state index in [1.807, 2.05) is 4.90 Å². The van der Waals surface area contributed by atoms with E-state index in [2.05, 4.69) is 0 Å². The van der Waals surface area contributed by atoms with Gasteiger partial charge in [0, 0.05) is 30.2 Å². The maximum atomic E-state index is 13.6. The standard InChI is InChI=1S/C14H18ClFN2O/c1-17(10-14(19)18-7-2-3-8-18)9-11-12(15)5-4-6-13(11)16/h4-6H,2-3,7-10H2,1H3. The van der Waals surface area contributed by atoms with Gasteiger partial charge in [-0.05, 0) is 32.0 Å². The number of amides is 1. The Kier molecular flexibility index (Phi) is 4.77. The van der Waals surface area contributed by atoms with E-state index in [4.69, 9.17) is 11.6 Å². The highest BCUT2D eigenvalue weighted by molar-refractivity contribution is 6.31. The third-order valence-corrected chi connectivity index (χ3v) is 3.71. The van der Waals surface area contributed by atoms with Crippen LogP contribution in [0, 0.1) is 5.82 Å². The van der Waals surface area contributed by atoms with E-state index in [1.165, 1.54) is 6.07 Å². The summed E-state index contributed by atoms with van der Waals surface area (Å²) in [5, 5.41) is 0.403. The molecule has 104 valence electrons. The summed E-state index contributed by atoms with van der Waals surface area (Å²) in [5.41, 5.74) is 0.445. The average molecular weight is 285 g/mol. The van der Waals surface area contributed by atoms with Crippen LogP contribution in [-0.2, 0) is 11.3 Å². The third-order valence-electron chi connectivity index (χ3n) is 3.35. The predicted molar refractivity (Wildman–Crippen MR) is 73.6 cm³/mol. The van der Waals surface area contributed by atoms with Crippen LogP contribution in [0.5, 0.6) is 0 Å². The van der Waals surface area contributed by atoms with Gasteiger partial charge < -0.3 is 4.90 Å². The molecular formula is C14H18ClFN2O. The Morgan fingerprint density at radius 2 is 2.11 bits per heavy atom. The normalized spacial score (nSPS) is 15.3. The summed E-state index contributed by atoms with van der Waals surface area (Å²) < 4.78 is 13.6. The Hall–Kier alpha value is -1.13. The number of halogens is 2. The minimum absolute atomic E-state index is 0.104. The number of likely N-dealkylation sites (tertiary alicyclic amines) is 1. The summed E-state index contributed by atoms with van der Waals surface area (Å²) in [5.74, 6) is -0.222. The zero-order chi connectivity index (χ0) is 13.8. The van der Waals surface area contributed by atoms with Crippen LogP contribution in [0.3, 0.4) is 0 Å². The predicted octanol–water partition coefficient (Wildman–Crippen LogP) is 2.53. The lowest BCUT2D eigenvalue weighted by Gasteiger charge is -2.21. The molecule has 1 aliphatic rings. The van der Waals surface area contributed by atoms with Crippen LogP contribution in [0.4, 0.5) is 4.39 Å².